The highest BCUT2D eigenvalue weighted by Crippen LogP contribution is 2.34. The van der Waals surface area contributed by atoms with Crippen LogP contribution < -0.4 is 10.1 Å². The third-order valence-electron chi connectivity index (χ3n) is 3.68. The summed E-state index contributed by atoms with van der Waals surface area (Å²) in [5.74, 6) is 1.87. The molecule has 0 saturated heterocycles. The molecule has 98 valence electrons. The highest BCUT2D eigenvalue weighted by Gasteiger charge is 2.24. The fourth-order valence-electron chi connectivity index (χ4n) is 2.68. The number of rotatable bonds is 2. The van der Waals surface area contributed by atoms with Crippen molar-refractivity contribution >= 4 is 16.6 Å². The van der Waals surface area contributed by atoms with E-state index in [1.54, 1.807) is 0 Å². The summed E-state index contributed by atoms with van der Waals surface area (Å²) in [7, 11) is 0. The molecule has 1 unspecified atom stereocenters. The van der Waals surface area contributed by atoms with Crippen LogP contribution in [0.15, 0.2) is 60.8 Å². The fraction of sp³-hybridized carbons (Fsp3) is 0.118. The molecule has 2 aromatic carbocycles. The molecule has 3 aromatic rings. The third kappa shape index (κ3) is 1.79. The molecule has 3 heteroatoms. The van der Waals surface area contributed by atoms with E-state index in [0.29, 0.717) is 6.61 Å². The van der Waals surface area contributed by atoms with Gasteiger partial charge in [-0.1, -0.05) is 42.5 Å². The lowest BCUT2D eigenvalue weighted by Gasteiger charge is -2.14. The Morgan fingerprint density at radius 1 is 1.00 bits per heavy atom. The second kappa shape index (κ2) is 4.53. The highest BCUT2D eigenvalue weighted by atomic mass is 16.5. The average molecular weight is 262 g/mol. The minimum absolute atomic E-state index is 0.157. The molecule has 0 fully saturated rings. The van der Waals surface area contributed by atoms with Crippen LogP contribution in [0.2, 0.25) is 0 Å². The number of nitrogens with one attached hydrogen (secondary N) is 1. The highest BCUT2D eigenvalue weighted by molar-refractivity contribution is 5.91. The lowest BCUT2D eigenvalue weighted by Crippen LogP contribution is -2.13. The summed E-state index contributed by atoms with van der Waals surface area (Å²) in [6, 6.07) is 18.6. The van der Waals surface area contributed by atoms with Crippen LogP contribution in [0.5, 0.6) is 5.75 Å². The van der Waals surface area contributed by atoms with Crippen LogP contribution in [-0.4, -0.2) is 11.6 Å². The van der Waals surface area contributed by atoms with Crippen molar-refractivity contribution < 1.29 is 4.74 Å². The molecule has 1 N–H and O–H groups in total. The van der Waals surface area contributed by atoms with Gasteiger partial charge in [0.15, 0.2) is 0 Å². The van der Waals surface area contributed by atoms with Crippen molar-refractivity contribution in [2.24, 2.45) is 0 Å². The van der Waals surface area contributed by atoms with Crippen molar-refractivity contribution in [2.75, 3.05) is 11.9 Å². The van der Waals surface area contributed by atoms with E-state index in [1.165, 1.54) is 10.9 Å². The third-order valence-corrected chi connectivity index (χ3v) is 3.68. The maximum Gasteiger partial charge on any atom is 0.134 e. The second-order valence-electron chi connectivity index (χ2n) is 4.93. The molecular weight excluding hydrogens is 248 g/mol. The van der Waals surface area contributed by atoms with E-state index < -0.39 is 0 Å². The number of hydrogen-bond donors (Lipinski definition) is 1. The molecule has 20 heavy (non-hydrogen) atoms. The zero-order valence-corrected chi connectivity index (χ0v) is 10.9. The van der Waals surface area contributed by atoms with Crippen molar-refractivity contribution in [1.82, 2.24) is 4.98 Å². The molecule has 4 rings (SSSR count). The van der Waals surface area contributed by atoms with Gasteiger partial charge in [0.2, 0.25) is 0 Å². The van der Waals surface area contributed by atoms with Crippen LogP contribution >= 0.6 is 0 Å². The first-order valence-corrected chi connectivity index (χ1v) is 6.74. The van der Waals surface area contributed by atoms with Gasteiger partial charge < -0.3 is 10.1 Å². The van der Waals surface area contributed by atoms with Gasteiger partial charge in [-0.25, -0.2) is 4.98 Å². The summed E-state index contributed by atoms with van der Waals surface area (Å²) in [5, 5.41) is 5.83. The molecule has 0 saturated carbocycles. The van der Waals surface area contributed by atoms with Crippen LogP contribution in [0.3, 0.4) is 0 Å². The van der Waals surface area contributed by atoms with Gasteiger partial charge in [-0.3, -0.25) is 0 Å². The Labute approximate surface area is 117 Å². The van der Waals surface area contributed by atoms with Crippen LogP contribution in [0.4, 0.5) is 5.82 Å². The summed E-state index contributed by atoms with van der Waals surface area (Å²) >= 11 is 0. The molecule has 2 heterocycles. The second-order valence-corrected chi connectivity index (χ2v) is 4.93. The number of nitrogens with zero attached hydrogens (tertiary/aromatic N) is 1. The number of aromatic nitrogens is 1. The predicted octanol–water partition coefficient (Wildman–Crippen LogP) is 3.78. The van der Waals surface area contributed by atoms with Crippen LogP contribution in [0.25, 0.3) is 10.8 Å². The van der Waals surface area contributed by atoms with Crippen molar-refractivity contribution in [1.29, 1.82) is 0 Å². The van der Waals surface area contributed by atoms with Crippen LogP contribution in [0, 0.1) is 0 Å². The molecule has 1 aliphatic heterocycles. The first-order valence-electron chi connectivity index (χ1n) is 6.74. The van der Waals surface area contributed by atoms with Crippen molar-refractivity contribution in [3.05, 3.63) is 66.4 Å². The average Bonchev–Trinajstić information content (AvgIpc) is 2.91. The summed E-state index contributed by atoms with van der Waals surface area (Å²) in [5.41, 5.74) is 1.20. The quantitative estimate of drug-likeness (QED) is 0.763. The van der Waals surface area contributed by atoms with E-state index in [0.717, 1.165) is 17.0 Å². The first kappa shape index (κ1) is 11.3. The van der Waals surface area contributed by atoms with E-state index >= 15 is 0 Å². The van der Waals surface area contributed by atoms with E-state index in [-0.39, 0.29) is 6.04 Å². The standard InChI is InChI=1S/C17H14N2O/c1-2-6-13-12(5-1)9-10-18-17(13)19-15-11-20-16-8-4-3-7-14(15)16/h1-10,15H,11H2,(H,18,19). The van der Waals surface area contributed by atoms with E-state index in [9.17, 15) is 0 Å². The van der Waals surface area contributed by atoms with Gasteiger partial charge in [0.1, 0.15) is 18.2 Å². The number of pyridine rings is 1. The SMILES string of the molecule is c1ccc2c(c1)OCC2Nc1nccc2ccccc12. The molecule has 1 aliphatic rings. The Morgan fingerprint density at radius 3 is 2.85 bits per heavy atom. The number of benzene rings is 2. The number of hydrogen-bond acceptors (Lipinski definition) is 3. The molecule has 1 aromatic heterocycles. The van der Waals surface area contributed by atoms with Gasteiger partial charge in [0, 0.05) is 17.1 Å². The van der Waals surface area contributed by atoms with Gasteiger partial charge >= 0.3 is 0 Å². The van der Waals surface area contributed by atoms with Crippen molar-refractivity contribution in [2.45, 2.75) is 6.04 Å². The summed E-state index contributed by atoms with van der Waals surface area (Å²) in [6.07, 6.45) is 1.84. The monoisotopic (exact) mass is 262 g/mol. The van der Waals surface area contributed by atoms with Crippen molar-refractivity contribution in [3.63, 3.8) is 0 Å². The van der Waals surface area contributed by atoms with E-state index in [4.69, 9.17) is 4.74 Å². The molecule has 1 atom stereocenters. The fourth-order valence-corrected chi connectivity index (χ4v) is 2.68. The van der Waals surface area contributed by atoms with Crippen LogP contribution in [-0.2, 0) is 0 Å². The number of fused-ring (bicyclic) bond motifs is 2. The Kier molecular flexibility index (Phi) is 2.56. The Bertz CT molecular complexity index is 764. The molecule has 0 radical (unpaired) electrons. The molecule has 0 amide bonds. The maximum atomic E-state index is 5.71. The molecule has 0 aliphatic carbocycles. The minimum atomic E-state index is 0.157. The van der Waals surface area contributed by atoms with Gasteiger partial charge in [-0.05, 0) is 17.5 Å². The lowest BCUT2D eigenvalue weighted by atomic mass is 10.1. The number of ether oxygens (including phenoxy) is 1. The first-order chi connectivity index (χ1) is 9.92. The molecular formula is C17H14N2O. The number of para-hydroxylation sites is 1. The molecule has 0 bridgehead atoms. The Morgan fingerprint density at radius 2 is 1.85 bits per heavy atom. The normalized spacial score (nSPS) is 16.7. The van der Waals surface area contributed by atoms with E-state index in [1.807, 2.05) is 42.6 Å². The van der Waals surface area contributed by atoms with Crippen molar-refractivity contribution in [3.8, 4) is 5.75 Å². The van der Waals surface area contributed by atoms with Gasteiger partial charge in [-0.2, -0.15) is 0 Å². The molecule has 0 spiro atoms. The summed E-state index contributed by atoms with van der Waals surface area (Å²) < 4.78 is 5.71. The van der Waals surface area contributed by atoms with Gasteiger partial charge in [-0.15, -0.1) is 0 Å². The Balaban J connectivity index is 1.73. The van der Waals surface area contributed by atoms with E-state index in [2.05, 4.69) is 28.5 Å². The number of anilines is 1. The topological polar surface area (TPSA) is 34.1 Å². The smallest absolute Gasteiger partial charge is 0.134 e. The Hall–Kier alpha value is -2.55. The zero-order valence-electron chi connectivity index (χ0n) is 10.9. The summed E-state index contributed by atoms with van der Waals surface area (Å²) in [6.45, 7) is 0.643. The van der Waals surface area contributed by atoms with Gasteiger partial charge in [0.25, 0.3) is 0 Å². The lowest BCUT2D eigenvalue weighted by molar-refractivity contribution is 0.339. The van der Waals surface area contributed by atoms with Gasteiger partial charge in [0.05, 0.1) is 6.04 Å². The molecule has 3 nitrogen and oxygen atoms in total. The summed E-state index contributed by atoms with van der Waals surface area (Å²) in [4.78, 5) is 4.48. The maximum absolute atomic E-state index is 5.71. The van der Waals surface area contributed by atoms with Crippen LogP contribution in [0.1, 0.15) is 11.6 Å². The minimum Gasteiger partial charge on any atom is -0.491 e. The zero-order chi connectivity index (χ0) is 13.4. The predicted molar refractivity (Wildman–Crippen MR) is 80.0 cm³/mol. The largest absolute Gasteiger partial charge is 0.491 e.